The van der Waals surface area contributed by atoms with Gasteiger partial charge in [-0.15, -0.1) is 36.2 Å². The van der Waals surface area contributed by atoms with Crippen molar-refractivity contribution in [2.24, 2.45) is 0 Å². The van der Waals surface area contributed by atoms with Gasteiger partial charge < -0.3 is 10.2 Å². The Bertz CT molecular complexity index is 628. The van der Waals surface area contributed by atoms with Crippen LogP contribution in [0, 0.1) is 0 Å². The molecule has 1 aliphatic heterocycles. The van der Waals surface area contributed by atoms with Gasteiger partial charge in [-0.05, 0) is 25.5 Å². The highest BCUT2D eigenvalue weighted by atomic mass is 35.5. The molecule has 0 aliphatic carbocycles. The van der Waals surface area contributed by atoms with Crippen molar-refractivity contribution in [2.75, 3.05) is 20.1 Å². The molecule has 1 saturated heterocycles. The number of benzene rings is 1. The molecule has 7 heteroatoms. The summed E-state index contributed by atoms with van der Waals surface area (Å²) in [5.41, 5.74) is 1.82. The lowest BCUT2D eigenvalue weighted by Crippen LogP contribution is -2.44. The van der Waals surface area contributed by atoms with E-state index in [2.05, 4.69) is 22.4 Å². The second-order valence-electron chi connectivity index (χ2n) is 5.64. The molecule has 0 saturated carbocycles. The average molecular weight is 388 g/mol. The number of rotatable bonds is 4. The number of hydrogen-bond acceptors (Lipinski definition) is 4. The number of halogens is 2. The van der Waals surface area contributed by atoms with E-state index in [4.69, 9.17) is 0 Å². The second kappa shape index (κ2) is 9.99. The summed E-state index contributed by atoms with van der Waals surface area (Å²) in [5, 5.41) is 6.18. The number of thiazole rings is 1. The number of aromatic nitrogens is 1. The Balaban J connectivity index is 0.00000144. The molecule has 0 spiro atoms. The van der Waals surface area contributed by atoms with Crippen LogP contribution in [0.1, 0.15) is 33.9 Å². The minimum Gasteiger partial charge on any atom is -0.337 e. The molecule has 1 fully saturated rings. The number of carbonyl (C=O) groups excluding carboxylic acids is 1. The van der Waals surface area contributed by atoms with Gasteiger partial charge in [0.1, 0.15) is 5.69 Å². The van der Waals surface area contributed by atoms with Crippen LogP contribution in [0.5, 0.6) is 0 Å². The molecule has 0 atom stereocenters. The predicted molar refractivity (Wildman–Crippen MR) is 104 cm³/mol. The fourth-order valence-corrected chi connectivity index (χ4v) is 3.60. The van der Waals surface area contributed by atoms with Gasteiger partial charge in [0, 0.05) is 30.9 Å². The van der Waals surface area contributed by atoms with Crippen molar-refractivity contribution < 1.29 is 4.79 Å². The van der Waals surface area contributed by atoms with E-state index in [1.807, 2.05) is 35.5 Å². The van der Waals surface area contributed by atoms with E-state index in [1.54, 1.807) is 11.3 Å². The lowest BCUT2D eigenvalue weighted by atomic mass is 10.1. The van der Waals surface area contributed by atoms with E-state index in [0.29, 0.717) is 11.7 Å². The van der Waals surface area contributed by atoms with Gasteiger partial charge in [0.05, 0.1) is 5.01 Å². The summed E-state index contributed by atoms with van der Waals surface area (Å²) in [6.45, 7) is 1.63. The van der Waals surface area contributed by atoms with Crippen molar-refractivity contribution in [3.8, 4) is 0 Å². The van der Waals surface area contributed by atoms with E-state index in [0.717, 1.165) is 37.4 Å². The first-order valence-electron chi connectivity index (χ1n) is 7.71. The fourth-order valence-electron chi connectivity index (χ4n) is 2.79. The molecule has 2 aromatic rings. The first-order valence-corrected chi connectivity index (χ1v) is 8.59. The van der Waals surface area contributed by atoms with E-state index in [1.165, 1.54) is 5.56 Å². The number of carbonyl (C=O) groups is 1. The molecule has 1 aromatic heterocycles. The minimum atomic E-state index is 0. The molecule has 24 heavy (non-hydrogen) atoms. The number of nitrogens with one attached hydrogen (secondary N) is 1. The van der Waals surface area contributed by atoms with E-state index >= 15 is 0 Å². The van der Waals surface area contributed by atoms with Gasteiger partial charge in [0.2, 0.25) is 0 Å². The topological polar surface area (TPSA) is 45.2 Å². The molecule has 4 nitrogen and oxygen atoms in total. The normalized spacial score (nSPS) is 14.6. The third-order valence-corrected chi connectivity index (χ3v) is 5.01. The fraction of sp³-hybridized carbons (Fsp3) is 0.412. The minimum absolute atomic E-state index is 0. The van der Waals surface area contributed by atoms with Crippen LogP contribution in [0.15, 0.2) is 35.7 Å². The number of nitrogens with zero attached hydrogens (tertiary/aromatic N) is 2. The molecule has 2 heterocycles. The second-order valence-corrected chi connectivity index (χ2v) is 6.59. The summed E-state index contributed by atoms with van der Waals surface area (Å²) in [4.78, 5) is 19.0. The molecule has 1 amide bonds. The molecular formula is C17H23Cl2N3OS. The molecule has 132 valence electrons. The van der Waals surface area contributed by atoms with Crippen molar-refractivity contribution >= 4 is 42.1 Å². The van der Waals surface area contributed by atoms with Crippen LogP contribution in [0.25, 0.3) is 0 Å². The van der Waals surface area contributed by atoms with E-state index < -0.39 is 0 Å². The summed E-state index contributed by atoms with van der Waals surface area (Å²) in [5.74, 6) is 0.0742. The average Bonchev–Trinajstić information content (AvgIpc) is 3.04. The van der Waals surface area contributed by atoms with E-state index in [-0.39, 0.29) is 30.7 Å². The van der Waals surface area contributed by atoms with E-state index in [9.17, 15) is 4.79 Å². The highest BCUT2D eigenvalue weighted by Crippen LogP contribution is 2.18. The summed E-state index contributed by atoms with van der Waals surface area (Å²) in [6, 6.07) is 10.8. The summed E-state index contributed by atoms with van der Waals surface area (Å²) in [6.07, 6.45) is 2.83. The summed E-state index contributed by atoms with van der Waals surface area (Å²) < 4.78 is 0. The van der Waals surface area contributed by atoms with Crippen LogP contribution in [0.2, 0.25) is 0 Å². The number of piperidine rings is 1. The van der Waals surface area contributed by atoms with Gasteiger partial charge in [-0.1, -0.05) is 30.3 Å². The molecule has 1 aliphatic rings. The van der Waals surface area contributed by atoms with Crippen LogP contribution in [-0.4, -0.2) is 42.0 Å². The lowest BCUT2D eigenvalue weighted by Gasteiger charge is -2.31. The van der Waals surface area contributed by atoms with Crippen molar-refractivity contribution in [1.29, 1.82) is 0 Å². The van der Waals surface area contributed by atoms with Gasteiger partial charge in [0.15, 0.2) is 0 Å². The third-order valence-electron chi connectivity index (χ3n) is 4.16. The Hall–Kier alpha value is -1.14. The van der Waals surface area contributed by atoms with Gasteiger partial charge in [-0.25, -0.2) is 4.98 Å². The zero-order chi connectivity index (χ0) is 15.4. The molecule has 0 unspecified atom stereocenters. The Kier molecular flexibility index (Phi) is 8.70. The zero-order valence-corrected chi connectivity index (χ0v) is 16.1. The van der Waals surface area contributed by atoms with Crippen LogP contribution in [-0.2, 0) is 6.42 Å². The van der Waals surface area contributed by atoms with Crippen LogP contribution in [0.3, 0.4) is 0 Å². The molecular weight excluding hydrogens is 365 g/mol. The SMILES string of the molecule is CNC1CCN(C(=O)c2csc(Cc3ccccc3)n2)CC1.Cl.Cl. The maximum absolute atomic E-state index is 12.5. The first kappa shape index (κ1) is 20.9. The highest BCUT2D eigenvalue weighted by molar-refractivity contribution is 7.09. The molecule has 1 aromatic carbocycles. The Morgan fingerprint density at radius 1 is 1.25 bits per heavy atom. The van der Waals surface area contributed by atoms with Gasteiger partial charge >= 0.3 is 0 Å². The molecule has 0 bridgehead atoms. The van der Waals surface area contributed by atoms with Gasteiger partial charge in [-0.3, -0.25) is 4.79 Å². The highest BCUT2D eigenvalue weighted by Gasteiger charge is 2.24. The Labute approximate surface area is 159 Å². The predicted octanol–water partition coefficient (Wildman–Crippen LogP) is 3.40. The standard InChI is InChI=1S/C17H21N3OS.2ClH/c1-18-14-7-9-20(10-8-14)17(21)15-12-22-16(19-15)11-13-5-3-2-4-6-13;;/h2-6,12,14,18H,7-11H2,1H3;2*1H. The maximum atomic E-state index is 12.5. The Morgan fingerprint density at radius 3 is 2.54 bits per heavy atom. The van der Waals surface area contributed by atoms with Crippen molar-refractivity contribution in [3.63, 3.8) is 0 Å². The van der Waals surface area contributed by atoms with Gasteiger partial charge in [0.25, 0.3) is 5.91 Å². The van der Waals surface area contributed by atoms with Crippen LogP contribution in [0.4, 0.5) is 0 Å². The van der Waals surface area contributed by atoms with Gasteiger partial charge in [-0.2, -0.15) is 0 Å². The smallest absolute Gasteiger partial charge is 0.273 e. The third kappa shape index (κ3) is 5.18. The molecule has 3 rings (SSSR count). The maximum Gasteiger partial charge on any atom is 0.273 e. The van der Waals surface area contributed by atoms with Crippen molar-refractivity contribution in [3.05, 3.63) is 52.0 Å². The molecule has 1 N–H and O–H groups in total. The van der Waals surface area contributed by atoms with Crippen LogP contribution >= 0.6 is 36.2 Å². The quantitative estimate of drug-likeness (QED) is 0.873. The number of hydrogen-bond donors (Lipinski definition) is 1. The Morgan fingerprint density at radius 2 is 1.92 bits per heavy atom. The lowest BCUT2D eigenvalue weighted by molar-refractivity contribution is 0.0702. The first-order chi connectivity index (χ1) is 10.8. The summed E-state index contributed by atoms with van der Waals surface area (Å²) in [7, 11) is 1.98. The van der Waals surface area contributed by atoms with Crippen molar-refractivity contribution in [2.45, 2.75) is 25.3 Å². The largest absolute Gasteiger partial charge is 0.337 e. The van der Waals surface area contributed by atoms with Crippen molar-refractivity contribution in [1.82, 2.24) is 15.2 Å². The monoisotopic (exact) mass is 387 g/mol. The zero-order valence-electron chi connectivity index (χ0n) is 13.6. The van der Waals surface area contributed by atoms with Crippen LogP contribution < -0.4 is 5.32 Å². The number of likely N-dealkylation sites (tertiary alicyclic amines) is 1. The summed E-state index contributed by atoms with van der Waals surface area (Å²) >= 11 is 1.57. The molecule has 0 radical (unpaired) electrons. The number of amides is 1.